The standard InChI is InChI=1S/C10H8ClN3/c11-5-8-6-13-10(14-7-8)9-1-3-12-4-2-9/h1-4,6-7H,5H2. The second kappa shape index (κ2) is 4.15. The van der Waals surface area contributed by atoms with E-state index >= 15 is 0 Å². The Labute approximate surface area is 86.8 Å². The van der Waals surface area contributed by atoms with Crippen LogP contribution in [0.3, 0.4) is 0 Å². The van der Waals surface area contributed by atoms with Gasteiger partial charge >= 0.3 is 0 Å². The molecular formula is C10H8ClN3. The Bertz CT molecular complexity index is 399. The van der Waals surface area contributed by atoms with Gasteiger partial charge in [-0.25, -0.2) is 9.97 Å². The predicted molar refractivity (Wildman–Crippen MR) is 54.8 cm³/mol. The van der Waals surface area contributed by atoms with Crippen molar-refractivity contribution in [2.75, 3.05) is 0 Å². The first-order chi connectivity index (χ1) is 6.90. The molecule has 0 N–H and O–H groups in total. The number of hydrogen-bond donors (Lipinski definition) is 0. The van der Waals surface area contributed by atoms with Crippen molar-refractivity contribution < 1.29 is 0 Å². The third kappa shape index (κ3) is 1.88. The van der Waals surface area contributed by atoms with Crippen molar-refractivity contribution >= 4 is 11.6 Å². The monoisotopic (exact) mass is 205 g/mol. The molecule has 0 saturated carbocycles. The fraction of sp³-hybridized carbons (Fsp3) is 0.100. The maximum absolute atomic E-state index is 5.64. The van der Waals surface area contributed by atoms with Gasteiger partial charge in [-0.05, 0) is 12.1 Å². The van der Waals surface area contributed by atoms with Gasteiger partial charge in [-0.2, -0.15) is 0 Å². The molecule has 0 atom stereocenters. The summed E-state index contributed by atoms with van der Waals surface area (Å²) in [6.45, 7) is 0. The van der Waals surface area contributed by atoms with E-state index in [9.17, 15) is 0 Å². The zero-order valence-corrected chi connectivity index (χ0v) is 8.15. The number of aromatic nitrogens is 3. The van der Waals surface area contributed by atoms with Gasteiger partial charge in [-0.1, -0.05) is 0 Å². The number of alkyl halides is 1. The molecule has 70 valence electrons. The topological polar surface area (TPSA) is 38.7 Å². The van der Waals surface area contributed by atoms with Gasteiger partial charge in [-0.3, -0.25) is 4.98 Å². The van der Waals surface area contributed by atoms with Gasteiger partial charge in [0.1, 0.15) is 0 Å². The first-order valence-corrected chi connectivity index (χ1v) is 4.71. The lowest BCUT2D eigenvalue weighted by molar-refractivity contribution is 1.12. The summed E-state index contributed by atoms with van der Waals surface area (Å²) < 4.78 is 0. The summed E-state index contributed by atoms with van der Waals surface area (Å²) in [6, 6.07) is 3.74. The molecular weight excluding hydrogens is 198 g/mol. The fourth-order valence-electron chi connectivity index (χ4n) is 1.07. The lowest BCUT2D eigenvalue weighted by Crippen LogP contribution is -1.90. The maximum Gasteiger partial charge on any atom is 0.159 e. The van der Waals surface area contributed by atoms with Gasteiger partial charge in [-0.15, -0.1) is 11.6 Å². The van der Waals surface area contributed by atoms with Crippen molar-refractivity contribution in [2.24, 2.45) is 0 Å². The molecule has 0 aliphatic carbocycles. The third-order valence-electron chi connectivity index (χ3n) is 1.80. The van der Waals surface area contributed by atoms with E-state index in [2.05, 4.69) is 15.0 Å². The summed E-state index contributed by atoms with van der Waals surface area (Å²) in [7, 11) is 0. The van der Waals surface area contributed by atoms with Crippen molar-refractivity contribution in [3.63, 3.8) is 0 Å². The number of halogens is 1. The Balaban J connectivity index is 2.34. The Morgan fingerprint density at radius 3 is 2.29 bits per heavy atom. The van der Waals surface area contributed by atoms with E-state index in [1.54, 1.807) is 24.8 Å². The Kier molecular flexibility index (Phi) is 2.70. The van der Waals surface area contributed by atoms with Crippen LogP contribution >= 0.6 is 11.6 Å². The first-order valence-electron chi connectivity index (χ1n) is 4.17. The molecule has 0 aromatic carbocycles. The lowest BCUT2D eigenvalue weighted by atomic mass is 10.2. The van der Waals surface area contributed by atoms with Gasteiger partial charge in [0.25, 0.3) is 0 Å². The Hall–Kier alpha value is -1.48. The minimum Gasteiger partial charge on any atom is -0.265 e. The normalized spacial score (nSPS) is 10.1. The molecule has 2 aromatic heterocycles. The molecule has 2 rings (SSSR count). The van der Waals surface area contributed by atoms with Crippen LogP contribution < -0.4 is 0 Å². The number of pyridine rings is 1. The van der Waals surface area contributed by atoms with Gasteiger partial charge in [0, 0.05) is 35.9 Å². The average Bonchev–Trinajstić information content (AvgIpc) is 2.30. The highest BCUT2D eigenvalue weighted by Crippen LogP contribution is 2.12. The van der Waals surface area contributed by atoms with Crippen molar-refractivity contribution in [3.8, 4) is 11.4 Å². The summed E-state index contributed by atoms with van der Waals surface area (Å²) in [4.78, 5) is 12.3. The van der Waals surface area contributed by atoms with Crippen molar-refractivity contribution in [2.45, 2.75) is 5.88 Å². The van der Waals surface area contributed by atoms with Crippen LogP contribution in [0.2, 0.25) is 0 Å². The highest BCUT2D eigenvalue weighted by atomic mass is 35.5. The lowest BCUT2D eigenvalue weighted by Gasteiger charge is -1.99. The smallest absolute Gasteiger partial charge is 0.159 e. The highest BCUT2D eigenvalue weighted by Gasteiger charge is 1.99. The van der Waals surface area contributed by atoms with Crippen LogP contribution in [0, 0.1) is 0 Å². The van der Waals surface area contributed by atoms with Gasteiger partial charge in [0.05, 0.1) is 5.88 Å². The molecule has 0 aliphatic heterocycles. The molecule has 3 nitrogen and oxygen atoms in total. The Morgan fingerprint density at radius 1 is 1.07 bits per heavy atom. The fourth-order valence-corrected chi connectivity index (χ4v) is 1.21. The molecule has 4 heteroatoms. The number of nitrogens with zero attached hydrogens (tertiary/aromatic N) is 3. The minimum atomic E-state index is 0.441. The highest BCUT2D eigenvalue weighted by molar-refractivity contribution is 6.17. The molecule has 0 saturated heterocycles. The molecule has 0 fully saturated rings. The quantitative estimate of drug-likeness (QED) is 0.706. The Morgan fingerprint density at radius 2 is 1.71 bits per heavy atom. The largest absolute Gasteiger partial charge is 0.265 e. The second-order valence-corrected chi connectivity index (χ2v) is 3.05. The second-order valence-electron chi connectivity index (χ2n) is 2.78. The molecule has 14 heavy (non-hydrogen) atoms. The summed E-state index contributed by atoms with van der Waals surface area (Å²) in [5.41, 5.74) is 1.88. The molecule has 2 aromatic rings. The van der Waals surface area contributed by atoms with Crippen LogP contribution in [0.25, 0.3) is 11.4 Å². The molecule has 0 aliphatic rings. The van der Waals surface area contributed by atoms with Crippen LogP contribution in [0.15, 0.2) is 36.9 Å². The molecule has 0 bridgehead atoms. The van der Waals surface area contributed by atoms with E-state index < -0.39 is 0 Å². The molecule has 2 heterocycles. The zero-order chi connectivity index (χ0) is 9.80. The minimum absolute atomic E-state index is 0.441. The van der Waals surface area contributed by atoms with Crippen LogP contribution in [-0.2, 0) is 5.88 Å². The molecule has 0 amide bonds. The number of rotatable bonds is 2. The zero-order valence-electron chi connectivity index (χ0n) is 7.39. The van der Waals surface area contributed by atoms with Crippen LogP contribution in [0.4, 0.5) is 0 Å². The van der Waals surface area contributed by atoms with Crippen molar-refractivity contribution in [3.05, 3.63) is 42.5 Å². The summed E-state index contributed by atoms with van der Waals surface area (Å²) in [6.07, 6.45) is 6.90. The van der Waals surface area contributed by atoms with Gasteiger partial charge in [0.2, 0.25) is 0 Å². The predicted octanol–water partition coefficient (Wildman–Crippen LogP) is 2.28. The van der Waals surface area contributed by atoms with Crippen LogP contribution in [0.5, 0.6) is 0 Å². The van der Waals surface area contributed by atoms with E-state index in [4.69, 9.17) is 11.6 Å². The summed E-state index contributed by atoms with van der Waals surface area (Å²) in [5.74, 6) is 1.14. The molecule has 0 unspecified atom stereocenters. The van der Waals surface area contributed by atoms with Gasteiger partial charge in [0.15, 0.2) is 5.82 Å². The number of hydrogen-bond acceptors (Lipinski definition) is 3. The van der Waals surface area contributed by atoms with Gasteiger partial charge < -0.3 is 0 Å². The van der Waals surface area contributed by atoms with E-state index in [1.807, 2.05) is 12.1 Å². The molecule has 0 radical (unpaired) electrons. The maximum atomic E-state index is 5.64. The SMILES string of the molecule is ClCc1cnc(-c2ccncc2)nc1. The van der Waals surface area contributed by atoms with Crippen LogP contribution in [0.1, 0.15) is 5.56 Å². The average molecular weight is 206 g/mol. The third-order valence-corrected chi connectivity index (χ3v) is 2.11. The first kappa shape index (κ1) is 9.09. The van der Waals surface area contributed by atoms with Crippen molar-refractivity contribution in [1.82, 2.24) is 15.0 Å². The van der Waals surface area contributed by atoms with E-state index in [1.165, 1.54) is 0 Å². The van der Waals surface area contributed by atoms with E-state index in [-0.39, 0.29) is 0 Å². The summed E-state index contributed by atoms with van der Waals surface area (Å²) in [5, 5.41) is 0. The summed E-state index contributed by atoms with van der Waals surface area (Å²) >= 11 is 5.64. The van der Waals surface area contributed by atoms with E-state index in [0.717, 1.165) is 11.1 Å². The molecule has 0 spiro atoms. The van der Waals surface area contributed by atoms with Crippen LogP contribution in [-0.4, -0.2) is 15.0 Å². The van der Waals surface area contributed by atoms with Crippen molar-refractivity contribution in [1.29, 1.82) is 0 Å². The van der Waals surface area contributed by atoms with E-state index in [0.29, 0.717) is 11.7 Å².